The van der Waals surface area contributed by atoms with Crippen LogP contribution in [0.2, 0.25) is 0 Å². The average molecular weight is 385 g/mol. The molecule has 0 aliphatic heterocycles. The van der Waals surface area contributed by atoms with E-state index in [1.807, 2.05) is 0 Å². The molecule has 0 aliphatic rings. The molecular weight excluding hydrogens is 343 g/mol. The molecule has 5 heteroatoms. The summed E-state index contributed by atoms with van der Waals surface area (Å²) < 4.78 is 0. The second kappa shape index (κ2) is 14.7. The minimum atomic E-state index is -3.15. The third kappa shape index (κ3) is 11.3. The van der Waals surface area contributed by atoms with Crippen LogP contribution in [-0.4, -0.2) is 40.5 Å². The van der Waals surface area contributed by atoms with Crippen LogP contribution < -0.4 is 0 Å². The maximum atomic E-state index is 9.45. The van der Waals surface area contributed by atoms with Crippen LogP contribution in [0.5, 0.6) is 0 Å². The topological polar surface area (TPSA) is 60.7 Å². The zero-order chi connectivity index (χ0) is 18.2. The van der Waals surface area contributed by atoms with Gasteiger partial charge in [-0.15, -0.1) is 0 Å². The molecule has 0 amide bonds. The quantitative estimate of drug-likeness (QED) is 0.200. The van der Waals surface area contributed by atoms with Gasteiger partial charge in [0.15, 0.2) is 0 Å². The number of aliphatic hydroxyl groups is 3. The van der Waals surface area contributed by atoms with Crippen LogP contribution in [0.25, 0.3) is 0 Å². The van der Waals surface area contributed by atoms with Crippen molar-refractivity contribution in [1.29, 1.82) is 0 Å². The second-order valence-electron chi connectivity index (χ2n) is 7.56. The van der Waals surface area contributed by atoms with E-state index in [-0.39, 0.29) is 19.0 Å². The molecule has 0 radical (unpaired) electrons. The van der Waals surface area contributed by atoms with Gasteiger partial charge in [0.05, 0.1) is 0 Å². The fourth-order valence-electron chi connectivity index (χ4n) is 3.05. The molecule has 0 saturated heterocycles. The van der Waals surface area contributed by atoms with Gasteiger partial charge >= 0.3 is 128 Å². The predicted molar refractivity (Wildman–Crippen MR) is 109 cm³/mol. The molecule has 0 aromatic carbocycles. The van der Waals surface area contributed by atoms with Gasteiger partial charge in [-0.2, -0.15) is 0 Å². The fourth-order valence-corrected chi connectivity index (χ4v) is 5.11. The molecule has 0 spiro atoms. The first kappa shape index (κ1) is 24.6. The summed E-state index contributed by atoms with van der Waals surface area (Å²) in [5.41, 5.74) is 0. The molecule has 0 rings (SSSR count). The van der Waals surface area contributed by atoms with E-state index in [1.54, 1.807) is 0 Å². The van der Waals surface area contributed by atoms with E-state index < -0.39 is 5.96 Å². The van der Waals surface area contributed by atoms with Gasteiger partial charge in [-0.05, 0) is 0 Å². The molecule has 148 valence electrons. The first-order valence-corrected chi connectivity index (χ1v) is 14.0. The summed E-state index contributed by atoms with van der Waals surface area (Å²) in [4.78, 5) is 0. The van der Waals surface area contributed by atoms with Crippen molar-refractivity contribution < 1.29 is 15.3 Å². The van der Waals surface area contributed by atoms with E-state index in [4.69, 9.17) is 11.2 Å². The Morgan fingerprint density at radius 3 is 1.12 bits per heavy atom. The molecule has 24 heavy (non-hydrogen) atoms. The van der Waals surface area contributed by atoms with Crippen molar-refractivity contribution in [3.63, 3.8) is 0 Å². The maximum absolute atomic E-state index is 9.45. The van der Waals surface area contributed by atoms with Gasteiger partial charge in [-0.1, -0.05) is 26.2 Å². The number of hydrogen-bond acceptors (Lipinski definition) is 3. The molecule has 0 aliphatic carbocycles. The molecular formula is C19H42ClO3P. The van der Waals surface area contributed by atoms with Crippen molar-refractivity contribution in [3.8, 4) is 0 Å². The summed E-state index contributed by atoms with van der Waals surface area (Å²) in [6, 6.07) is 0. The number of aliphatic hydroxyl groups excluding tert-OH is 3. The summed E-state index contributed by atoms with van der Waals surface area (Å²) >= 11 is 6.38. The number of halogens is 1. The van der Waals surface area contributed by atoms with E-state index in [9.17, 15) is 15.3 Å². The zero-order valence-corrected chi connectivity index (χ0v) is 17.5. The summed E-state index contributed by atoms with van der Waals surface area (Å²) in [6.45, 7) is 2.26. The van der Waals surface area contributed by atoms with Gasteiger partial charge in [-0.25, -0.2) is 0 Å². The molecule has 0 bridgehead atoms. The molecule has 0 heterocycles. The molecule has 0 atom stereocenters. The van der Waals surface area contributed by atoms with E-state index in [0.29, 0.717) is 6.16 Å². The van der Waals surface area contributed by atoms with Gasteiger partial charge in [0.1, 0.15) is 0 Å². The van der Waals surface area contributed by atoms with Crippen LogP contribution in [-0.2, 0) is 0 Å². The Labute approximate surface area is 154 Å². The SMILES string of the molecule is CCCCCCCCCCCCCCCCP(Cl)(CO)(CO)CO. The normalized spacial score (nSPS) is 13.8. The zero-order valence-electron chi connectivity index (χ0n) is 15.9. The van der Waals surface area contributed by atoms with Crippen LogP contribution >= 0.6 is 17.2 Å². The summed E-state index contributed by atoms with van der Waals surface area (Å²) in [5, 5.41) is 28.3. The van der Waals surface area contributed by atoms with Crippen molar-refractivity contribution >= 4 is 17.2 Å². The Kier molecular flexibility index (Phi) is 15.1. The van der Waals surface area contributed by atoms with Gasteiger partial charge in [0.25, 0.3) is 0 Å². The van der Waals surface area contributed by atoms with Crippen molar-refractivity contribution in [3.05, 3.63) is 0 Å². The molecule has 3 N–H and O–H groups in total. The Bertz CT molecular complexity index is 275. The molecule has 0 unspecified atom stereocenters. The monoisotopic (exact) mass is 384 g/mol. The Morgan fingerprint density at radius 2 is 0.833 bits per heavy atom. The van der Waals surface area contributed by atoms with E-state index in [1.165, 1.54) is 77.0 Å². The standard InChI is InChI=1S/C19H42ClO3P/c1-2-3-4-5-6-7-8-9-10-11-12-13-14-15-16-24(20,17-21,18-22)19-23/h21-23H,2-19H2,1H3. The van der Waals surface area contributed by atoms with Crippen molar-refractivity contribution in [2.75, 3.05) is 25.2 Å². The molecule has 0 saturated carbocycles. The van der Waals surface area contributed by atoms with Crippen molar-refractivity contribution in [1.82, 2.24) is 0 Å². The van der Waals surface area contributed by atoms with Crippen molar-refractivity contribution in [2.24, 2.45) is 0 Å². The molecule has 0 aromatic heterocycles. The third-order valence-corrected chi connectivity index (χ3v) is 10.2. The molecule has 0 aromatic rings. The van der Waals surface area contributed by atoms with Gasteiger partial charge in [-0.3, -0.25) is 0 Å². The van der Waals surface area contributed by atoms with Crippen LogP contribution in [0.3, 0.4) is 0 Å². The summed E-state index contributed by atoms with van der Waals surface area (Å²) in [6.07, 6.45) is 17.9. The number of hydrogen-bond donors (Lipinski definition) is 3. The first-order chi connectivity index (χ1) is 11.5. The summed E-state index contributed by atoms with van der Waals surface area (Å²) in [7, 11) is 0. The number of rotatable bonds is 18. The minimum absolute atomic E-state index is 0.265. The molecule has 0 fully saturated rings. The Morgan fingerprint density at radius 1 is 0.542 bits per heavy atom. The van der Waals surface area contributed by atoms with Crippen LogP contribution in [0, 0.1) is 0 Å². The third-order valence-electron chi connectivity index (χ3n) is 5.13. The van der Waals surface area contributed by atoms with E-state index >= 15 is 0 Å². The van der Waals surface area contributed by atoms with Gasteiger partial charge in [0, 0.05) is 0 Å². The average Bonchev–Trinajstić information content (AvgIpc) is 2.62. The Hall–Kier alpha value is 0.600. The number of unbranched alkanes of at least 4 members (excludes halogenated alkanes) is 13. The molecule has 3 nitrogen and oxygen atoms in total. The van der Waals surface area contributed by atoms with Gasteiger partial charge < -0.3 is 0 Å². The predicted octanol–water partition coefficient (Wildman–Crippen LogP) is 6.02. The summed E-state index contributed by atoms with van der Waals surface area (Å²) in [5.74, 6) is -3.15. The Balaban J connectivity index is 3.40. The second-order valence-corrected chi connectivity index (χ2v) is 15.4. The van der Waals surface area contributed by atoms with E-state index in [2.05, 4.69) is 6.92 Å². The first-order valence-electron chi connectivity index (χ1n) is 10.1. The van der Waals surface area contributed by atoms with Crippen LogP contribution in [0.4, 0.5) is 0 Å². The van der Waals surface area contributed by atoms with Gasteiger partial charge in [0.2, 0.25) is 0 Å². The van der Waals surface area contributed by atoms with Crippen LogP contribution in [0.15, 0.2) is 0 Å². The fraction of sp³-hybridized carbons (Fsp3) is 1.00. The van der Waals surface area contributed by atoms with Crippen molar-refractivity contribution in [2.45, 2.75) is 96.8 Å². The van der Waals surface area contributed by atoms with E-state index in [0.717, 1.165) is 12.8 Å². The van der Waals surface area contributed by atoms with Crippen LogP contribution in [0.1, 0.15) is 96.8 Å².